The predicted molar refractivity (Wildman–Crippen MR) is 111 cm³/mol. The van der Waals surface area contributed by atoms with Gasteiger partial charge in [0.1, 0.15) is 6.04 Å². The number of fused-ring (bicyclic) bond motifs is 1. The molecule has 146 valence electrons. The third-order valence-corrected chi connectivity index (χ3v) is 5.12. The van der Waals surface area contributed by atoms with Crippen LogP contribution in [0.25, 0.3) is 11.0 Å². The van der Waals surface area contributed by atoms with Gasteiger partial charge in [0.2, 0.25) is 17.8 Å². The number of hydrogen-bond donors (Lipinski definition) is 3. The maximum atomic E-state index is 12.8. The lowest BCUT2D eigenvalue weighted by Gasteiger charge is -2.23. The molecule has 1 heterocycles. The zero-order valence-electron chi connectivity index (χ0n) is 15.8. The number of nitrogens with one attached hydrogen (secondary N) is 3. The molecule has 2 atom stereocenters. The van der Waals surface area contributed by atoms with E-state index in [0.29, 0.717) is 11.0 Å². The quantitative estimate of drug-likeness (QED) is 0.563. The Kier molecular flexibility index (Phi) is 6.31. The molecule has 0 radical (unpaired) electrons. The number of amides is 2. The first-order chi connectivity index (χ1) is 13.5. The van der Waals surface area contributed by atoms with Crippen LogP contribution in [0.15, 0.2) is 48.5 Å². The summed E-state index contributed by atoms with van der Waals surface area (Å²) in [6, 6.07) is 14.0. The minimum atomic E-state index is -0.673. The Morgan fingerprint density at radius 1 is 1.14 bits per heavy atom. The van der Waals surface area contributed by atoms with Crippen molar-refractivity contribution in [3.05, 3.63) is 59.1 Å². The van der Waals surface area contributed by atoms with E-state index < -0.39 is 6.04 Å². The zero-order chi connectivity index (χ0) is 20.1. The molecule has 0 fully saturated rings. The van der Waals surface area contributed by atoms with Crippen molar-refractivity contribution in [3.63, 3.8) is 0 Å². The van der Waals surface area contributed by atoms with Crippen LogP contribution in [0.2, 0.25) is 5.02 Å². The molecule has 0 saturated carbocycles. The topological polar surface area (TPSA) is 86.9 Å². The Hall–Kier alpha value is -2.86. The first kappa shape index (κ1) is 19.9. The molecular formula is C21H23ClN4O2. The smallest absolute Gasteiger partial charge is 0.249 e. The first-order valence-electron chi connectivity index (χ1n) is 9.26. The number of aromatic amines is 1. The molecule has 6 nitrogen and oxygen atoms in total. The highest BCUT2D eigenvalue weighted by Crippen LogP contribution is 2.17. The van der Waals surface area contributed by atoms with Gasteiger partial charge in [0, 0.05) is 5.02 Å². The van der Waals surface area contributed by atoms with E-state index in [-0.39, 0.29) is 24.2 Å². The van der Waals surface area contributed by atoms with Crippen molar-refractivity contribution in [1.82, 2.24) is 15.3 Å². The van der Waals surface area contributed by atoms with Crippen molar-refractivity contribution in [2.45, 2.75) is 32.7 Å². The van der Waals surface area contributed by atoms with E-state index in [2.05, 4.69) is 20.6 Å². The van der Waals surface area contributed by atoms with Gasteiger partial charge in [-0.05, 0) is 29.7 Å². The fourth-order valence-corrected chi connectivity index (χ4v) is 3.15. The van der Waals surface area contributed by atoms with E-state index >= 15 is 0 Å². The molecule has 2 amide bonds. The fraction of sp³-hybridized carbons (Fsp3) is 0.286. The van der Waals surface area contributed by atoms with Gasteiger partial charge in [-0.15, -0.1) is 0 Å². The summed E-state index contributed by atoms with van der Waals surface area (Å²) in [6.45, 7) is 3.91. The second-order valence-electron chi connectivity index (χ2n) is 6.79. The van der Waals surface area contributed by atoms with E-state index in [0.717, 1.165) is 23.0 Å². The van der Waals surface area contributed by atoms with Gasteiger partial charge in [-0.3, -0.25) is 14.9 Å². The lowest BCUT2D eigenvalue weighted by atomic mass is 9.98. The van der Waals surface area contributed by atoms with Crippen molar-refractivity contribution in [1.29, 1.82) is 0 Å². The average molecular weight is 399 g/mol. The number of para-hydroxylation sites is 2. The fourth-order valence-electron chi connectivity index (χ4n) is 2.95. The number of aromatic nitrogens is 2. The summed E-state index contributed by atoms with van der Waals surface area (Å²) in [5.41, 5.74) is 2.32. The predicted octanol–water partition coefficient (Wildman–Crippen LogP) is 3.93. The second-order valence-corrected chi connectivity index (χ2v) is 7.20. The number of anilines is 1. The molecule has 3 N–H and O–H groups in total. The van der Waals surface area contributed by atoms with Crippen LogP contribution in [0.4, 0.5) is 5.95 Å². The zero-order valence-corrected chi connectivity index (χ0v) is 16.6. The summed E-state index contributed by atoms with van der Waals surface area (Å²) in [4.78, 5) is 32.8. The SMILES string of the molecule is CC[C@H](C)[C@@H](NC(=O)Cc1ccccc1Cl)C(=O)Nc1nc2ccccc2[nH]1. The highest BCUT2D eigenvalue weighted by Gasteiger charge is 2.26. The number of benzene rings is 2. The summed E-state index contributed by atoms with van der Waals surface area (Å²) in [6.07, 6.45) is 0.856. The molecule has 0 saturated heterocycles. The van der Waals surface area contributed by atoms with E-state index in [1.54, 1.807) is 12.1 Å². The van der Waals surface area contributed by atoms with Crippen LogP contribution in [-0.2, 0) is 16.0 Å². The monoisotopic (exact) mass is 398 g/mol. The summed E-state index contributed by atoms with van der Waals surface area (Å²) in [5, 5.41) is 6.16. The maximum absolute atomic E-state index is 12.8. The first-order valence-corrected chi connectivity index (χ1v) is 9.64. The standard InChI is InChI=1S/C21H23ClN4O2/c1-3-13(2)19(25-18(27)12-14-8-4-5-9-15(14)22)20(28)26-21-23-16-10-6-7-11-17(16)24-21/h4-11,13,19H,3,12H2,1-2H3,(H,25,27)(H2,23,24,26,28)/t13-,19+/m0/s1. The van der Waals surface area contributed by atoms with Crippen molar-refractivity contribution < 1.29 is 9.59 Å². The highest BCUT2D eigenvalue weighted by atomic mass is 35.5. The van der Waals surface area contributed by atoms with Crippen molar-refractivity contribution >= 4 is 40.4 Å². The Morgan fingerprint density at radius 2 is 1.86 bits per heavy atom. The Morgan fingerprint density at radius 3 is 2.57 bits per heavy atom. The normalized spacial score (nSPS) is 13.1. The van der Waals surface area contributed by atoms with Gasteiger partial charge in [0.15, 0.2) is 0 Å². The van der Waals surface area contributed by atoms with Gasteiger partial charge in [-0.25, -0.2) is 4.98 Å². The molecule has 0 aliphatic carbocycles. The molecule has 1 aromatic heterocycles. The largest absolute Gasteiger partial charge is 0.344 e. The molecule has 0 unspecified atom stereocenters. The van der Waals surface area contributed by atoms with Gasteiger partial charge >= 0.3 is 0 Å². The van der Waals surface area contributed by atoms with Crippen LogP contribution in [0.1, 0.15) is 25.8 Å². The number of imidazole rings is 1. The summed E-state index contributed by atoms with van der Waals surface area (Å²) >= 11 is 6.13. The molecule has 0 aliphatic heterocycles. The number of halogens is 1. The minimum Gasteiger partial charge on any atom is -0.344 e. The molecule has 2 aromatic carbocycles. The van der Waals surface area contributed by atoms with E-state index in [1.165, 1.54) is 0 Å². The second kappa shape index (κ2) is 8.89. The van der Waals surface area contributed by atoms with Crippen molar-refractivity contribution in [2.75, 3.05) is 5.32 Å². The Labute approximate surface area is 168 Å². The van der Waals surface area contributed by atoms with Gasteiger partial charge < -0.3 is 10.3 Å². The number of carbonyl (C=O) groups excluding carboxylic acids is 2. The van der Waals surface area contributed by atoms with E-state index in [9.17, 15) is 9.59 Å². The number of hydrogen-bond acceptors (Lipinski definition) is 3. The third-order valence-electron chi connectivity index (χ3n) is 4.75. The highest BCUT2D eigenvalue weighted by molar-refractivity contribution is 6.31. The molecule has 3 rings (SSSR count). The lowest BCUT2D eigenvalue weighted by Crippen LogP contribution is -2.48. The molecule has 7 heteroatoms. The number of rotatable bonds is 7. The van der Waals surface area contributed by atoms with E-state index in [1.807, 2.05) is 50.2 Å². The van der Waals surface area contributed by atoms with Crippen LogP contribution in [0.5, 0.6) is 0 Å². The van der Waals surface area contributed by atoms with Gasteiger partial charge in [0.05, 0.1) is 17.5 Å². The Bertz CT molecular complexity index is 952. The number of nitrogens with zero attached hydrogens (tertiary/aromatic N) is 1. The summed E-state index contributed by atoms with van der Waals surface area (Å²) in [7, 11) is 0. The maximum Gasteiger partial charge on any atom is 0.249 e. The summed E-state index contributed by atoms with van der Waals surface area (Å²) in [5.74, 6) is -0.237. The molecule has 0 bridgehead atoms. The summed E-state index contributed by atoms with van der Waals surface area (Å²) < 4.78 is 0. The molecular weight excluding hydrogens is 376 g/mol. The Balaban J connectivity index is 1.71. The van der Waals surface area contributed by atoms with Gasteiger partial charge in [-0.2, -0.15) is 0 Å². The molecule has 28 heavy (non-hydrogen) atoms. The molecule has 0 spiro atoms. The van der Waals surface area contributed by atoms with Crippen LogP contribution >= 0.6 is 11.6 Å². The minimum absolute atomic E-state index is 0.0421. The van der Waals surface area contributed by atoms with Gasteiger partial charge in [0.25, 0.3) is 0 Å². The lowest BCUT2D eigenvalue weighted by molar-refractivity contribution is -0.127. The van der Waals surface area contributed by atoms with Crippen LogP contribution in [0, 0.1) is 5.92 Å². The van der Waals surface area contributed by atoms with Crippen molar-refractivity contribution in [2.24, 2.45) is 5.92 Å². The van der Waals surface area contributed by atoms with E-state index in [4.69, 9.17) is 11.6 Å². The van der Waals surface area contributed by atoms with Crippen LogP contribution in [-0.4, -0.2) is 27.8 Å². The van der Waals surface area contributed by atoms with Crippen LogP contribution < -0.4 is 10.6 Å². The van der Waals surface area contributed by atoms with Gasteiger partial charge in [-0.1, -0.05) is 62.2 Å². The van der Waals surface area contributed by atoms with Crippen LogP contribution in [0.3, 0.4) is 0 Å². The van der Waals surface area contributed by atoms with Crippen molar-refractivity contribution in [3.8, 4) is 0 Å². The number of H-pyrrole nitrogens is 1. The third kappa shape index (κ3) is 4.70. The molecule has 3 aromatic rings. The molecule has 0 aliphatic rings. The average Bonchev–Trinajstić information content (AvgIpc) is 3.09. The number of carbonyl (C=O) groups is 2.